The summed E-state index contributed by atoms with van der Waals surface area (Å²) in [6, 6.07) is 3.55. The van der Waals surface area contributed by atoms with Gasteiger partial charge in [0.25, 0.3) is 5.91 Å². The lowest BCUT2D eigenvalue weighted by molar-refractivity contribution is 0.0692. The van der Waals surface area contributed by atoms with Gasteiger partial charge in [-0.2, -0.15) is 5.10 Å². The Hall–Kier alpha value is -2.70. The van der Waals surface area contributed by atoms with Crippen LogP contribution in [0.3, 0.4) is 0 Å². The van der Waals surface area contributed by atoms with Crippen LogP contribution in [0.2, 0.25) is 0 Å². The molecule has 2 aromatic rings. The number of carbonyl (C=O) groups is 2. The Morgan fingerprint density at radius 2 is 2.00 bits per heavy atom. The fourth-order valence-corrected chi connectivity index (χ4v) is 1.87. The number of aromatic carboxylic acids is 1. The van der Waals surface area contributed by atoms with Crippen molar-refractivity contribution in [1.82, 2.24) is 14.8 Å². The Morgan fingerprint density at radius 1 is 1.29 bits per heavy atom. The molecule has 2 rings (SSSR count). The highest BCUT2D eigenvalue weighted by Gasteiger charge is 2.21. The molecule has 7 heteroatoms. The van der Waals surface area contributed by atoms with Crippen LogP contribution in [0.1, 0.15) is 46.3 Å². The minimum absolute atomic E-state index is 0.00423. The predicted octanol–water partition coefficient (Wildman–Crippen LogP) is 1.89. The third-order valence-electron chi connectivity index (χ3n) is 3.02. The lowest BCUT2D eigenvalue weighted by atomic mass is 10.1. The smallest absolute Gasteiger partial charge is 0.339 e. The molecule has 0 aliphatic heterocycles. The van der Waals surface area contributed by atoms with Gasteiger partial charge in [0, 0.05) is 12.7 Å². The highest BCUT2D eigenvalue weighted by molar-refractivity contribution is 6.09. The van der Waals surface area contributed by atoms with Crippen molar-refractivity contribution in [3.63, 3.8) is 0 Å². The van der Waals surface area contributed by atoms with E-state index in [2.05, 4.69) is 15.4 Å². The van der Waals surface area contributed by atoms with Crippen LogP contribution in [-0.4, -0.2) is 31.7 Å². The average molecular weight is 288 g/mol. The van der Waals surface area contributed by atoms with E-state index in [0.717, 1.165) is 11.9 Å². The Morgan fingerprint density at radius 3 is 2.52 bits per heavy atom. The van der Waals surface area contributed by atoms with Crippen LogP contribution in [-0.2, 0) is 7.05 Å². The number of hydrogen-bond acceptors (Lipinski definition) is 4. The van der Waals surface area contributed by atoms with Gasteiger partial charge in [-0.25, -0.2) is 4.79 Å². The molecule has 0 saturated carbocycles. The first-order chi connectivity index (χ1) is 9.90. The number of anilines is 1. The molecule has 0 spiro atoms. The lowest BCUT2D eigenvalue weighted by Gasteiger charge is -2.08. The van der Waals surface area contributed by atoms with Gasteiger partial charge in [-0.15, -0.1) is 0 Å². The summed E-state index contributed by atoms with van der Waals surface area (Å²) < 4.78 is 1.23. The summed E-state index contributed by atoms with van der Waals surface area (Å²) in [5.74, 6) is -1.43. The number of nitrogens with zero attached hydrogens (tertiary/aromatic N) is 3. The molecule has 2 aromatic heterocycles. The standard InChI is InChI=1S/C14H16N4O3/c1-8(2)11-5-4-9(6-15-11)17-13(19)12-10(14(20)21)7-16-18(12)3/h4-8H,1-3H3,(H,17,19)(H,20,21). The minimum atomic E-state index is -1.19. The van der Waals surface area contributed by atoms with Crippen molar-refractivity contribution in [3.8, 4) is 0 Å². The second-order valence-corrected chi connectivity index (χ2v) is 4.92. The number of carboxylic acids is 1. The zero-order chi connectivity index (χ0) is 15.6. The van der Waals surface area contributed by atoms with Gasteiger partial charge < -0.3 is 10.4 Å². The van der Waals surface area contributed by atoms with Gasteiger partial charge >= 0.3 is 5.97 Å². The molecule has 7 nitrogen and oxygen atoms in total. The van der Waals surface area contributed by atoms with E-state index in [-0.39, 0.29) is 11.3 Å². The van der Waals surface area contributed by atoms with Gasteiger partial charge in [0.05, 0.1) is 18.1 Å². The van der Waals surface area contributed by atoms with Crippen LogP contribution in [0.4, 0.5) is 5.69 Å². The van der Waals surface area contributed by atoms with Crippen molar-refractivity contribution < 1.29 is 14.7 Å². The molecule has 21 heavy (non-hydrogen) atoms. The number of hydrogen-bond donors (Lipinski definition) is 2. The van der Waals surface area contributed by atoms with Crippen LogP contribution in [0.5, 0.6) is 0 Å². The summed E-state index contributed by atoms with van der Waals surface area (Å²) in [5.41, 5.74) is 1.28. The zero-order valence-electron chi connectivity index (χ0n) is 12.0. The molecule has 0 aliphatic carbocycles. The van der Waals surface area contributed by atoms with E-state index in [9.17, 15) is 9.59 Å². The SMILES string of the molecule is CC(C)c1ccc(NC(=O)c2c(C(=O)O)cnn2C)cn1. The number of carbonyl (C=O) groups excluding carboxylic acids is 1. The maximum absolute atomic E-state index is 12.2. The molecular formula is C14H16N4O3. The van der Waals surface area contributed by atoms with E-state index in [4.69, 9.17) is 5.11 Å². The van der Waals surface area contributed by atoms with E-state index >= 15 is 0 Å². The summed E-state index contributed by atoms with van der Waals surface area (Å²) in [6.45, 7) is 4.05. The Labute approximate surface area is 121 Å². The number of aromatic nitrogens is 3. The van der Waals surface area contributed by atoms with Crippen LogP contribution in [0, 0.1) is 0 Å². The molecular weight excluding hydrogens is 272 g/mol. The summed E-state index contributed by atoms with van der Waals surface area (Å²) in [4.78, 5) is 27.5. The van der Waals surface area contributed by atoms with E-state index in [1.807, 2.05) is 19.9 Å². The average Bonchev–Trinajstić information content (AvgIpc) is 2.81. The summed E-state index contributed by atoms with van der Waals surface area (Å²) in [7, 11) is 1.52. The first-order valence-electron chi connectivity index (χ1n) is 6.42. The maximum atomic E-state index is 12.2. The fourth-order valence-electron chi connectivity index (χ4n) is 1.87. The highest BCUT2D eigenvalue weighted by atomic mass is 16.4. The van der Waals surface area contributed by atoms with Crippen molar-refractivity contribution in [1.29, 1.82) is 0 Å². The molecule has 0 bridgehead atoms. The van der Waals surface area contributed by atoms with Crippen molar-refractivity contribution in [3.05, 3.63) is 41.5 Å². The molecule has 0 aromatic carbocycles. The number of amides is 1. The zero-order valence-corrected chi connectivity index (χ0v) is 12.0. The van der Waals surface area contributed by atoms with Gasteiger partial charge in [0.15, 0.2) is 0 Å². The molecule has 2 N–H and O–H groups in total. The molecule has 0 atom stereocenters. The lowest BCUT2D eigenvalue weighted by Crippen LogP contribution is -2.19. The van der Waals surface area contributed by atoms with Crippen LogP contribution in [0.15, 0.2) is 24.5 Å². The number of carboxylic acid groups (broad SMARTS) is 1. The molecule has 0 radical (unpaired) electrons. The highest BCUT2D eigenvalue weighted by Crippen LogP contribution is 2.15. The number of rotatable bonds is 4. The van der Waals surface area contributed by atoms with Gasteiger partial charge in [-0.3, -0.25) is 14.5 Å². The monoisotopic (exact) mass is 288 g/mol. The van der Waals surface area contributed by atoms with Gasteiger partial charge in [-0.05, 0) is 18.1 Å². The topological polar surface area (TPSA) is 97.1 Å². The van der Waals surface area contributed by atoms with E-state index < -0.39 is 11.9 Å². The summed E-state index contributed by atoms with van der Waals surface area (Å²) in [6.07, 6.45) is 2.70. The van der Waals surface area contributed by atoms with Crippen LogP contribution < -0.4 is 5.32 Å². The molecule has 110 valence electrons. The fraction of sp³-hybridized carbons (Fsp3) is 0.286. The second-order valence-electron chi connectivity index (χ2n) is 4.92. The predicted molar refractivity (Wildman–Crippen MR) is 76.4 cm³/mol. The third-order valence-corrected chi connectivity index (χ3v) is 3.02. The molecule has 0 saturated heterocycles. The van der Waals surface area contributed by atoms with E-state index in [1.54, 1.807) is 12.3 Å². The van der Waals surface area contributed by atoms with Crippen molar-refractivity contribution in [2.75, 3.05) is 5.32 Å². The van der Waals surface area contributed by atoms with Crippen molar-refractivity contribution in [2.45, 2.75) is 19.8 Å². The number of nitrogens with one attached hydrogen (secondary N) is 1. The van der Waals surface area contributed by atoms with Crippen molar-refractivity contribution in [2.24, 2.45) is 7.05 Å². The third kappa shape index (κ3) is 3.07. The quantitative estimate of drug-likeness (QED) is 0.895. The Kier molecular flexibility index (Phi) is 4.02. The van der Waals surface area contributed by atoms with Crippen LogP contribution in [0.25, 0.3) is 0 Å². The maximum Gasteiger partial charge on any atom is 0.339 e. The minimum Gasteiger partial charge on any atom is -0.478 e. The number of pyridine rings is 1. The van der Waals surface area contributed by atoms with Gasteiger partial charge in [-0.1, -0.05) is 13.8 Å². The van der Waals surface area contributed by atoms with E-state index in [1.165, 1.54) is 11.7 Å². The van der Waals surface area contributed by atoms with Crippen LogP contribution >= 0.6 is 0 Å². The van der Waals surface area contributed by atoms with E-state index in [0.29, 0.717) is 11.6 Å². The first-order valence-corrected chi connectivity index (χ1v) is 6.42. The molecule has 0 unspecified atom stereocenters. The van der Waals surface area contributed by atoms with Gasteiger partial charge in [0.1, 0.15) is 11.3 Å². The second kappa shape index (κ2) is 5.74. The van der Waals surface area contributed by atoms with Gasteiger partial charge in [0.2, 0.25) is 0 Å². The normalized spacial score (nSPS) is 10.7. The molecule has 0 aliphatic rings. The largest absolute Gasteiger partial charge is 0.478 e. The molecule has 0 fully saturated rings. The summed E-state index contributed by atoms with van der Waals surface area (Å²) in [5, 5.41) is 15.5. The molecule has 1 amide bonds. The number of aryl methyl sites for hydroxylation is 1. The Balaban J connectivity index is 2.22. The van der Waals surface area contributed by atoms with Crippen molar-refractivity contribution >= 4 is 17.6 Å². The first kappa shape index (κ1) is 14.7. The molecule has 2 heterocycles. The Bertz CT molecular complexity index is 674. The summed E-state index contributed by atoms with van der Waals surface area (Å²) >= 11 is 0.